The van der Waals surface area contributed by atoms with Crippen molar-refractivity contribution in [2.75, 3.05) is 33.4 Å². The molecular formula is C26H40N4O3. The smallest absolute Gasteiger partial charge is 0.272 e. The van der Waals surface area contributed by atoms with Gasteiger partial charge >= 0.3 is 0 Å². The van der Waals surface area contributed by atoms with Crippen LogP contribution in [0.2, 0.25) is 0 Å². The molecule has 1 aromatic heterocycles. The first-order valence-corrected chi connectivity index (χ1v) is 12.0. The van der Waals surface area contributed by atoms with Crippen LogP contribution in [0.1, 0.15) is 75.1 Å². The van der Waals surface area contributed by atoms with Crippen LogP contribution in [0.5, 0.6) is 5.75 Å². The number of benzene rings is 1. The van der Waals surface area contributed by atoms with Crippen LogP contribution in [-0.2, 0) is 16.8 Å². The normalized spacial score (nSPS) is 15.3. The van der Waals surface area contributed by atoms with E-state index in [2.05, 4.69) is 57.0 Å². The second-order valence-corrected chi connectivity index (χ2v) is 10.2. The lowest BCUT2D eigenvalue weighted by atomic mass is 10.1. The quantitative estimate of drug-likeness (QED) is 0.613. The summed E-state index contributed by atoms with van der Waals surface area (Å²) in [6.07, 6.45) is 2.16. The van der Waals surface area contributed by atoms with Crippen LogP contribution in [0, 0.1) is 0 Å². The van der Waals surface area contributed by atoms with Gasteiger partial charge < -0.3 is 14.8 Å². The number of carbonyl (C=O) groups is 1. The van der Waals surface area contributed by atoms with Gasteiger partial charge in [0.1, 0.15) is 18.1 Å². The number of rotatable bonds is 9. The second-order valence-electron chi connectivity index (χ2n) is 10.2. The van der Waals surface area contributed by atoms with Crippen molar-refractivity contribution in [1.82, 2.24) is 20.0 Å². The van der Waals surface area contributed by atoms with Crippen LogP contribution in [0.3, 0.4) is 0 Å². The first-order valence-electron chi connectivity index (χ1n) is 12.0. The Labute approximate surface area is 198 Å². The maximum absolute atomic E-state index is 12.8. The van der Waals surface area contributed by atoms with Crippen LogP contribution in [0.15, 0.2) is 30.3 Å². The Hall–Kier alpha value is -2.38. The molecular weight excluding hydrogens is 416 g/mol. The van der Waals surface area contributed by atoms with E-state index in [-0.39, 0.29) is 17.4 Å². The van der Waals surface area contributed by atoms with Crippen LogP contribution < -0.4 is 10.1 Å². The third-order valence-electron chi connectivity index (χ3n) is 6.07. The number of nitrogens with zero attached hydrogens (tertiary/aromatic N) is 3. The maximum atomic E-state index is 12.8. The molecule has 0 saturated carbocycles. The van der Waals surface area contributed by atoms with Crippen molar-refractivity contribution in [3.8, 4) is 5.75 Å². The van der Waals surface area contributed by atoms with E-state index in [0.29, 0.717) is 24.9 Å². The third kappa shape index (κ3) is 7.05. The van der Waals surface area contributed by atoms with Crippen molar-refractivity contribution in [2.45, 2.75) is 71.5 Å². The molecule has 1 aliphatic heterocycles. The summed E-state index contributed by atoms with van der Waals surface area (Å²) >= 11 is 0. The largest absolute Gasteiger partial charge is 0.492 e. The molecule has 0 bridgehead atoms. The summed E-state index contributed by atoms with van der Waals surface area (Å²) in [6, 6.07) is 10.4. The Balaban J connectivity index is 1.52. The standard InChI is InChI=1S/C26H40N4O3/c1-19(2)24-17-23(28-30(24)26(3,4)5)25(31)27-18-20-8-7-9-22(16-20)33-15-12-29(6)21-10-13-32-14-11-21/h7-9,16-17,19,21H,10-15,18H2,1-6H3,(H,27,31). The molecule has 0 spiro atoms. The minimum Gasteiger partial charge on any atom is -0.492 e. The van der Waals surface area contributed by atoms with Gasteiger partial charge in [0.15, 0.2) is 0 Å². The lowest BCUT2D eigenvalue weighted by molar-refractivity contribution is 0.0392. The van der Waals surface area contributed by atoms with Crippen molar-refractivity contribution in [2.24, 2.45) is 0 Å². The Morgan fingerprint density at radius 2 is 2.00 bits per heavy atom. The molecule has 0 unspecified atom stereocenters. The number of amides is 1. The van der Waals surface area contributed by atoms with Gasteiger partial charge in [0.2, 0.25) is 0 Å². The number of likely N-dealkylation sites (N-methyl/N-ethyl adjacent to an activating group) is 1. The van der Waals surface area contributed by atoms with Crippen LogP contribution in [0.25, 0.3) is 0 Å². The van der Waals surface area contributed by atoms with E-state index in [1.165, 1.54) is 0 Å². The van der Waals surface area contributed by atoms with Gasteiger partial charge in [-0.05, 0) is 70.3 Å². The van der Waals surface area contributed by atoms with E-state index in [1.54, 1.807) is 0 Å². The molecule has 3 rings (SSSR count). The summed E-state index contributed by atoms with van der Waals surface area (Å²) in [6.45, 7) is 14.2. The molecule has 7 heteroatoms. The van der Waals surface area contributed by atoms with Crippen molar-refractivity contribution in [3.05, 3.63) is 47.3 Å². The van der Waals surface area contributed by atoms with Crippen molar-refractivity contribution >= 4 is 5.91 Å². The fourth-order valence-corrected chi connectivity index (χ4v) is 4.09. The summed E-state index contributed by atoms with van der Waals surface area (Å²) in [4.78, 5) is 15.1. The molecule has 0 aliphatic carbocycles. The van der Waals surface area contributed by atoms with Gasteiger partial charge in [-0.2, -0.15) is 5.10 Å². The summed E-state index contributed by atoms with van der Waals surface area (Å²) < 4.78 is 13.4. The molecule has 33 heavy (non-hydrogen) atoms. The number of hydrogen-bond acceptors (Lipinski definition) is 5. The van der Waals surface area contributed by atoms with Gasteiger partial charge in [-0.1, -0.05) is 26.0 Å². The minimum absolute atomic E-state index is 0.163. The van der Waals surface area contributed by atoms with Gasteiger partial charge in [0.05, 0.1) is 5.54 Å². The monoisotopic (exact) mass is 456 g/mol. The highest BCUT2D eigenvalue weighted by molar-refractivity contribution is 5.92. The Kier molecular flexibility index (Phi) is 8.54. The fourth-order valence-electron chi connectivity index (χ4n) is 4.09. The molecule has 0 atom stereocenters. The summed E-state index contributed by atoms with van der Waals surface area (Å²) in [5.74, 6) is 0.947. The first kappa shape index (κ1) is 25.2. The van der Waals surface area contributed by atoms with Gasteiger partial charge in [-0.3, -0.25) is 14.4 Å². The predicted molar refractivity (Wildman–Crippen MR) is 131 cm³/mol. The number of hydrogen-bond donors (Lipinski definition) is 1. The Bertz CT molecular complexity index is 911. The van der Waals surface area contributed by atoms with Crippen molar-refractivity contribution < 1.29 is 14.3 Å². The molecule has 2 heterocycles. The average molecular weight is 457 g/mol. The van der Waals surface area contributed by atoms with E-state index in [0.717, 1.165) is 49.6 Å². The zero-order valence-corrected chi connectivity index (χ0v) is 21.1. The fraction of sp³-hybridized carbons (Fsp3) is 0.615. The SMILES string of the molecule is CC(C)c1cc(C(=O)NCc2cccc(OCCN(C)C3CCOCC3)c2)nn1C(C)(C)C. The minimum atomic E-state index is -0.178. The lowest BCUT2D eigenvalue weighted by Gasteiger charge is -2.31. The highest BCUT2D eigenvalue weighted by Gasteiger charge is 2.23. The van der Waals surface area contributed by atoms with Gasteiger partial charge in [-0.25, -0.2) is 0 Å². The Morgan fingerprint density at radius 3 is 2.64 bits per heavy atom. The number of carbonyl (C=O) groups excluding carboxylic acids is 1. The molecule has 1 N–H and O–H groups in total. The zero-order chi connectivity index (χ0) is 24.0. The molecule has 182 valence electrons. The summed E-state index contributed by atoms with van der Waals surface area (Å²) in [7, 11) is 2.15. The third-order valence-corrected chi connectivity index (χ3v) is 6.07. The van der Waals surface area contributed by atoms with Crippen LogP contribution >= 0.6 is 0 Å². The van der Waals surface area contributed by atoms with E-state index >= 15 is 0 Å². The topological polar surface area (TPSA) is 68.6 Å². The highest BCUT2D eigenvalue weighted by atomic mass is 16.5. The Morgan fingerprint density at radius 1 is 1.27 bits per heavy atom. The molecule has 1 saturated heterocycles. The predicted octanol–water partition coefficient (Wildman–Crippen LogP) is 4.18. The maximum Gasteiger partial charge on any atom is 0.272 e. The molecule has 2 aromatic rings. The molecule has 1 fully saturated rings. The van der Waals surface area contributed by atoms with Gasteiger partial charge in [0.25, 0.3) is 5.91 Å². The summed E-state index contributed by atoms with van der Waals surface area (Å²) in [5, 5.41) is 7.60. The molecule has 1 aliphatic rings. The van der Waals surface area contributed by atoms with Crippen LogP contribution in [0.4, 0.5) is 0 Å². The highest BCUT2D eigenvalue weighted by Crippen LogP contribution is 2.23. The number of aromatic nitrogens is 2. The van der Waals surface area contributed by atoms with Crippen molar-refractivity contribution in [3.63, 3.8) is 0 Å². The molecule has 0 radical (unpaired) electrons. The van der Waals surface area contributed by atoms with Crippen molar-refractivity contribution in [1.29, 1.82) is 0 Å². The zero-order valence-electron chi connectivity index (χ0n) is 21.1. The molecule has 7 nitrogen and oxygen atoms in total. The summed E-state index contributed by atoms with van der Waals surface area (Å²) in [5.41, 5.74) is 2.34. The van der Waals surface area contributed by atoms with Crippen LogP contribution in [-0.4, -0.2) is 60.0 Å². The lowest BCUT2D eigenvalue weighted by Crippen LogP contribution is -2.38. The first-order chi connectivity index (χ1) is 15.6. The second kappa shape index (κ2) is 11.2. The van der Waals surface area contributed by atoms with E-state index in [1.807, 2.05) is 35.0 Å². The molecule has 1 aromatic carbocycles. The van der Waals surface area contributed by atoms with Gasteiger partial charge in [0, 0.05) is 38.0 Å². The number of ether oxygens (including phenoxy) is 2. The number of nitrogens with one attached hydrogen (secondary N) is 1. The average Bonchev–Trinajstić information content (AvgIpc) is 3.25. The van der Waals surface area contributed by atoms with Gasteiger partial charge in [-0.15, -0.1) is 0 Å². The van der Waals surface area contributed by atoms with E-state index in [4.69, 9.17) is 9.47 Å². The van der Waals surface area contributed by atoms with E-state index in [9.17, 15) is 4.79 Å². The molecule has 1 amide bonds. The van der Waals surface area contributed by atoms with E-state index < -0.39 is 0 Å².